The van der Waals surface area contributed by atoms with Gasteiger partial charge >= 0.3 is 6.03 Å². The van der Waals surface area contributed by atoms with Gasteiger partial charge in [-0.3, -0.25) is 0 Å². The molecule has 9 nitrogen and oxygen atoms in total. The van der Waals surface area contributed by atoms with Crippen LogP contribution in [-0.4, -0.2) is 47.1 Å². The highest BCUT2D eigenvalue weighted by Gasteiger charge is 2.16. The van der Waals surface area contributed by atoms with Gasteiger partial charge in [0.25, 0.3) is 0 Å². The highest BCUT2D eigenvalue weighted by Crippen LogP contribution is 2.26. The molecule has 0 aliphatic carbocycles. The summed E-state index contributed by atoms with van der Waals surface area (Å²) in [5.74, 6) is 1.19. The molecule has 9 heteroatoms. The molecule has 1 unspecified atom stereocenters. The van der Waals surface area contributed by atoms with E-state index in [-0.39, 0.29) is 12.1 Å². The monoisotopic (exact) mass is 382 g/mol. The van der Waals surface area contributed by atoms with E-state index in [0.717, 1.165) is 5.56 Å². The van der Waals surface area contributed by atoms with Gasteiger partial charge in [0.2, 0.25) is 0 Å². The van der Waals surface area contributed by atoms with Gasteiger partial charge in [0, 0.05) is 12.8 Å². The molecule has 0 aliphatic rings. The highest BCUT2D eigenvalue weighted by atomic mass is 16.5. The second-order valence-corrected chi connectivity index (χ2v) is 6.04. The van der Waals surface area contributed by atoms with Gasteiger partial charge in [0.05, 0.1) is 19.8 Å². The number of ether oxygens (including phenoxy) is 2. The summed E-state index contributed by atoms with van der Waals surface area (Å²) in [6.07, 6.45) is 0. The van der Waals surface area contributed by atoms with Gasteiger partial charge in [-0.05, 0) is 41.1 Å². The maximum Gasteiger partial charge on any atom is 0.319 e. The average Bonchev–Trinajstić information content (AvgIpc) is 3.14. The number of aromatic nitrogens is 4. The summed E-state index contributed by atoms with van der Waals surface area (Å²) in [4.78, 5) is 12.5. The molecule has 0 bridgehead atoms. The fourth-order valence-electron chi connectivity index (χ4n) is 2.79. The van der Waals surface area contributed by atoms with E-state index in [1.165, 1.54) is 0 Å². The number of methoxy groups -OCH3 is 2. The average molecular weight is 382 g/mol. The Morgan fingerprint density at radius 1 is 1.18 bits per heavy atom. The summed E-state index contributed by atoms with van der Waals surface area (Å²) in [7, 11) is 3.16. The maximum absolute atomic E-state index is 12.5. The van der Waals surface area contributed by atoms with E-state index in [0.29, 0.717) is 29.6 Å². The molecule has 2 amide bonds. The molecule has 146 valence electrons. The van der Waals surface area contributed by atoms with Crippen molar-refractivity contribution in [3.05, 3.63) is 59.9 Å². The number of urea groups is 1. The predicted octanol–water partition coefficient (Wildman–Crippen LogP) is 2.49. The zero-order valence-electron chi connectivity index (χ0n) is 15.9. The lowest BCUT2D eigenvalue weighted by molar-refractivity contribution is 0.168. The molecule has 0 aliphatic heterocycles. The molecule has 3 rings (SSSR count). The Labute approximate surface area is 162 Å². The van der Waals surface area contributed by atoms with Gasteiger partial charge in [-0.25, -0.2) is 4.79 Å². The number of carbonyl (C=O) groups excluding carboxylic acids is 1. The van der Waals surface area contributed by atoms with E-state index in [9.17, 15) is 4.79 Å². The lowest BCUT2D eigenvalue weighted by Gasteiger charge is -2.19. The Bertz CT molecular complexity index is 928. The molecular formula is C19H22N6O3. The molecule has 1 heterocycles. The van der Waals surface area contributed by atoms with Gasteiger partial charge < -0.3 is 20.1 Å². The molecule has 0 saturated heterocycles. The molecule has 3 aromatic rings. The Hall–Kier alpha value is -3.46. The van der Waals surface area contributed by atoms with Crippen molar-refractivity contribution in [3.63, 3.8) is 0 Å². The van der Waals surface area contributed by atoms with Gasteiger partial charge in [0.1, 0.15) is 11.4 Å². The maximum atomic E-state index is 12.5. The number of anilines is 1. The van der Waals surface area contributed by atoms with Gasteiger partial charge in [-0.15, -0.1) is 5.10 Å². The van der Waals surface area contributed by atoms with Crippen molar-refractivity contribution < 1.29 is 14.3 Å². The number of nitrogens with zero attached hydrogens (tertiary/aromatic N) is 4. The van der Waals surface area contributed by atoms with Gasteiger partial charge in [0.15, 0.2) is 5.82 Å². The number of amides is 2. The minimum atomic E-state index is -0.351. The van der Waals surface area contributed by atoms with Crippen LogP contribution >= 0.6 is 0 Å². The number of benzene rings is 2. The lowest BCUT2D eigenvalue weighted by Crippen LogP contribution is -2.34. The third-order valence-electron chi connectivity index (χ3n) is 4.13. The van der Waals surface area contributed by atoms with Crippen LogP contribution in [0.4, 0.5) is 10.5 Å². The van der Waals surface area contributed by atoms with Crippen molar-refractivity contribution in [1.82, 2.24) is 25.5 Å². The van der Waals surface area contributed by atoms with Crippen LogP contribution in [0.25, 0.3) is 5.69 Å². The van der Waals surface area contributed by atoms with E-state index in [1.807, 2.05) is 30.3 Å². The SMILES string of the molecule is COCC(NC(=O)Nc1ccc(OC)c(-n2nnnc2C)c1)c1ccccc1. The molecule has 0 radical (unpaired) electrons. The first-order chi connectivity index (χ1) is 13.6. The minimum Gasteiger partial charge on any atom is -0.494 e. The van der Waals surface area contributed by atoms with Crippen LogP contribution in [0.3, 0.4) is 0 Å². The van der Waals surface area contributed by atoms with E-state index >= 15 is 0 Å². The number of carbonyl (C=O) groups is 1. The first-order valence-corrected chi connectivity index (χ1v) is 8.67. The quantitative estimate of drug-likeness (QED) is 0.651. The molecule has 2 aromatic carbocycles. The normalized spacial score (nSPS) is 11.7. The van der Waals surface area contributed by atoms with E-state index in [4.69, 9.17) is 9.47 Å². The standard InChI is InChI=1S/C19H22N6O3/c1-13-22-23-24-25(13)17-11-15(9-10-18(17)28-3)20-19(26)21-16(12-27-2)14-7-5-4-6-8-14/h4-11,16H,12H2,1-3H3,(H2,20,21,26). The predicted molar refractivity (Wildman–Crippen MR) is 104 cm³/mol. The van der Waals surface area contributed by atoms with Gasteiger partial charge in [-0.2, -0.15) is 4.68 Å². The smallest absolute Gasteiger partial charge is 0.319 e. The number of hydrogen-bond acceptors (Lipinski definition) is 6. The van der Waals surface area contributed by atoms with Crippen molar-refractivity contribution in [3.8, 4) is 11.4 Å². The van der Waals surface area contributed by atoms with Crippen molar-refractivity contribution in [2.75, 3.05) is 26.1 Å². The van der Waals surface area contributed by atoms with Crippen LogP contribution in [0.1, 0.15) is 17.4 Å². The molecule has 0 fully saturated rings. The highest BCUT2D eigenvalue weighted by molar-refractivity contribution is 5.90. The summed E-state index contributed by atoms with van der Waals surface area (Å²) in [6.45, 7) is 2.14. The molecule has 1 aromatic heterocycles. The van der Waals surface area contributed by atoms with E-state index < -0.39 is 0 Å². The first kappa shape index (κ1) is 19.3. The molecule has 1 atom stereocenters. The number of hydrogen-bond donors (Lipinski definition) is 2. The van der Waals surface area contributed by atoms with E-state index in [1.54, 1.807) is 44.0 Å². The Morgan fingerprint density at radius 2 is 1.96 bits per heavy atom. The van der Waals surface area contributed by atoms with Crippen LogP contribution in [0.15, 0.2) is 48.5 Å². The summed E-state index contributed by atoms with van der Waals surface area (Å²) >= 11 is 0. The molecular weight excluding hydrogens is 360 g/mol. The fraction of sp³-hybridized carbons (Fsp3) is 0.263. The van der Waals surface area contributed by atoms with Crippen LogP contribution in [-0.2, 0) is 4.74 Å². The third-order valence-corrected chi connectivity index (χ3v) is 4.13. The Kier molecular flexibility index (Phi) is 6.18. The van der Waals surface area contributed by atoms with Crippen LogP contribution in [0.5, 0.6) is 5.75 Å². The van der Waals surface area contributed by atoms with Crippen molar-refractivity contribution >= 4 is 11.7 Å². The van der Waals surface area contributed by atoms with Crippen molar-refractivity contribution in [2.45, 2.75) is 13.0 Å². The number of rotatable bonds is 7. The number of aryl methyl sites for hydroxylation is 1. The molecule has 0 spiro atoms. The Morgan fingerprint density at radius 3 is 2.61 bits per heavy atom. The van der Waals surface area contributed by atoms with Gasteiger partial charge in [-0.1, -0.05) is 30.3 Å². The summed E-state index contributed by atoms with van der Waals surface area (Å²) < 4.78 is 12.2. The van der Waals surface area contributed by atoms with Crippen molar-refractivity contribution in [1.29, 1.82) is 0 Å². The Balaban J connectivity index is 1.77. The second kappa shape index (κ2) is 8.96. The van der Waals surface area contributed by atoms with Crippen LogP contribution in [0, 0.1) is 6.92 Å². The summed E-state index contributed by atoms with van der Waals surface area (Å²) in [5, 5.41) is 17.2. The molecule has 28 heavy (non-hydrogen) atoms. The number of nitrogens with one attached hydrogen (secondary N) is 2. The lowest BCUT2D eigenvalue weighted by atomic mass is 10.1. The second-order valence-electron chi connectivity index (χ2n) is 6.04. The molecule has 0 saturated carbocycles. The zero-order chi connectivity index (χ0) is 19.9. The summed E-state index contributed by atoms with van der Waals surface area (Å²) in [6, 6.07) is 14.3. The minimum absolute atomic E-state index is 0.273. The first-order valence-electron chi connectivity index (χ1n) is 8.67. The summed E-state index contributed by atoms with van der Waals surface area (Å²) in [5.41, 5.74) is 2.16. The number of tetrazole rings is 1. The van der Waals surface area contributed by atoms with Crippen LogP contribution in [0.2, 0.25) is 0 Å². The fourth-order valence-corrected chi connectivity index (χ4v) is 2.79. The zero-order valence-corrected chi connectivity index (χ0v) is 15.9. The van der Waals surface area contributed by atoms with Crippen molar-refractivity contribution in [2.24, 2.45) is 0 Å². The largest absolute Gasteiger partial charge is 0.494 e. The topological polar surface area (TPSA) is 103 Å². The van der Waals surface area contributed by atoms with E-state index in [2.05, 4.69) is 26.2 Å². The molecule has 2 N–H and O–H groups in total. The van der Waals surface area contributed by atoms with Crippen LogP contribution < -0.4 is 15.4 Å². The third kappa shape index (κ3) is 4.44.